The molecule has 2 aromatic rings. The van der Waals surface area contributed by atoms with Crippen molar-refractivity contribution >= 4 is 46.5 Å². The number of nitrogens with one attached hydrogen (secondary N) is 4. The van der Waals surface area contributed by atoms with Gasteiger partial charge in [0.2, 0.25) is 17.7 Å². The van der Waals surface area contributed by atoms with Crippen LogP contribution in [0.4, 0.5) is 0 Å². The van der Waals surface area contributed by atoms with Crippen LogP contribution in [0.25, 0.3) is 10.9 Å². The lowest BCUT2D eigenvalue weighted by atomic mass is 10.0. The summed E-state index contributed by atoms with van der Waals surface area (Å²) in [6, 6.07) is 3.03. The van der Waals surface area contributed by atoms with E-state index in [1.165, 1.54) is 0 Å². The minimum Gasteiger partial charge on any atom is -0.481 e. The number of nitrogens with two attached hydrogens (primary N) is 1. The second-order valence-corrected chi connectivity index (χ2v) is 7.94. The summed E-state index contributed by atoms with van der Waals surface area (Å²) >= 11 is 0. The molecule has 1 aromatic carbocycles. The molecule has 0 aliphatic heterocycles. The van der Waals surface area contributed by atoms with Gasteiger partial charge in [-0.3, -0.25) is 24.0 Å². The third-order valence-corrected chi connectivity index (χ3v) is 5.17. The molecule has 0 bridgehead atoms. The Labute approximate surface area is 204 Å². The molecule has 2 rings (SSSR count). The van der Waals surface area contributed by atoms with E-state index >= 15 is 0 Å². The molecule has 3 amide bonds. The van der Waals surface area contributed by atoms with Crippen molar-refractivity contribution in [2.24, 2.45) is 5.73 Å². The monoisotopic (exact) mass is 505 g/mol. The molecule has 9 N–H and O–H groups in total. The minimum atomic E-state index is -1.48. The Morgan fingerprint density at radius 1 is 0.917 bits per heavy atom. The average Bonchev–Trinajstić information content (AvgIpc) is 3.21. The number of aromatic nitrogens is 1. The lowest BCUT2D eigenvalue weighted by Crippen LogP contribution is -2.54. The van der Waals surface area contributed by atoms with E-state index in [9.17, 15) is 33.9 Å². The molecule has 0 fully saturated rings. The van der Waals surface area contributed by atoms with Gasteiger partial charge in [0, 0.05) is 29.9 Å². The van der Waals surface area contributed by atoms with Gasteiger partial charge in [-0.15, -0.1) is 0 Å². The van der Waals surface area contributed by atoms with Gasteiger partial charge >= 0.3 is 17.9 Å². The molecule has 1 heterocycles. The number of H-pyrrole nitrogens is 1. The maximum absolute atomic E-state index is 12.5. The fraction of sp³-hybridized carbons (Fsp3) is 0.364. The number of aliphatic carboxylic acids is 3. The summed E-state index contributed by atoms with van der Waals surface area (Å²) in [6.07, 6.45) is 0.0305. The molecule has 194 valence electrons. The van der Waals surface area contributed by atoms with Crippen molar-refractivity contribution in [3.05, 3.63) is 36.0 Å². The molecular weight excluding hydrogens is 478 g/mol. The van der Waals surface area contributed by atoms with Gasteiger partial charge in [-0.1, -0.05) is 18.2 Å². The molecule has 0 saturated carbocycles. The van der Waals surface area contributed by atoms with Gasteiger partial charge < -0.3 is 42.0 Å². The topological polar surface area (TPSA) is 241 Å². The number of carboxylic acids is 3. The van der Waals surface area contributed by atoms with Crippen molar-refractivity contribution in [2.75, 3.05) is 6.54 Å². The standard InChI is InChI=1S/C22H27N5O9/c23-13(8-19(31)32)20(33)27-15(5-6-18(29)30)21(34)25-10-17(28)26-16(22(35)36)7-11-9-24-14-4-2-1-3-12(11)14/h1-4,9,13,15-16,24H,5-8,10,23H2,(H,25,34)(H,26,28)(H,27,33)(H,29,30)(H,31,32)(H,35,36). The van der Waals surface area contributed by atoms with Crippen LogP contribution in [0.15, 0.2) is 30.5 Å². The third kappa shape index (κ3) is 8.39. The molecule has 0 spiro atoms. The maximum Gasteiger partial charge on any atom is 0.326 e. The predicted molar refractivity (Wildman–Crippen MR) is 124 cm³/mol. The molecule has 3 atom stereocenters. The molecule has 1 aromatic heterocycles. The van der Waals surface area contributed by atoms with E-state index in [0.717, 1.165) is 10.9 Å². The summed E-state index contributed by atoms with van der Waals surface area (Å²) < 4.78 is 0. The molecule has 36 heavy (non-hydrogen) atoms. The zero-order valence-corrected chi connectivity index (χ0v) is 19.0. The SMILES string of the molecule is NC(CC(=O)O)C(=O)NC(CCC(=O)O)C(=O)NCC(=O)NC(Cc1c[nH]c2ccccc12)C(=O)O. The first kappa shape index (κ1) is 27.8. The normalized spacial score (nSPS) is 13.2. The third-order valence-electron chi connectivity index (χ3n) is 5.17. The van der Waals surface area contributed by atoms with E-state index in [1.54, 1.807) is 18.3 Å². The van der Waals surface area contributed by atoms with E-state index in [4.69, 9.17) is 15.9 Å². The Morgan fingerprint density at radius 2 is 1.61 bits per heavy atom. The molecule has 3 unspecified atom stereocenters. The van der Waals surface area contributed by atoms with Crippen LogP contribution in [0.2, 0.25) is 0 Å². The number of hydrogen-bond acceptors (Lipinski definition) is 7. The first-order chi connectivity index (χ1) is 17.0. The van der Waals surface area contributed by atoms with Crippen molar-refractivity contribution in [1.82, 2.24) is 20.9 Å². The summed E-state index contributed by atoms with van der Waals surface area (Å²) in [6.45, 7) is -0.656. The highest BCUT2D eigenvalue weighted by Crippen LogP contribution is 2.19. The number of rotatable bonds is 14. The number of fused-ring (bicyclic) bond motifs is 1. The van der Waals surface area contributed by atoms with Crippen LogP contribution in [-0.2, 0) is 35.2 Å². The number of hydrogen-bond donors (Lipinski definition) is 8. The first-order valence-electron chi connectivity index (χ1n) is 10.8. The minimum absolute atomic E-state index is 0.0300. The highest BCUT2D eigenvalue weighted by atomic mass is 16.4. The Kier molecular flexibility index (Phi) is 9.92. The highest BCUT2D eigenvalue weighted by molar-refractivity contribution is 5.94. The van der Waals surface area contributed by atoms with Crippen molar-refractivity contribution in [1.29, 1.82) is 0 Å². The van der Waals surface area contributed by atoms with Crippen molar-refractivity contribution in [3.63, 3.8) is 0 Å². The second-order valence-electron chi connectivity index (χ2n) is 7.94. The molecular formula is C22H27N5O9. The molecule has 0 saturated heterocycles. The van der Waals surface area contributed by atoms with Gasteiger partial charge in [-0.25, -0.2) is 4.79 Å². The fourth-order valence-electron chi connectivity index (χ4n) is 3.35. The smallest absolute Gasteiger partial charge is 0.326 e. The van der Waals surface area contributed by atoms with Gasteiger partial charge in [0.1, 0.15) is 12.1 Å². The van der Waals surface area contributed by atoms with Crippen LogP contribution >= 0.6 is 0 Å². The van der Waals surface area contributed by atoms with E-state index < -0.39 is 73.1 Å². The van der Waals surface area contributed by atoms with Crippen LogP contribution < -0.4 is 21.7 Å². The summed E-state index contributed by atoms with van der Waals surface area (Å²) in [5, 5.41) is 34.6. The number of carbonyl (C=O) groups is 6. The fourth-order valence-corrected chi connectivity index (χ4v) is 3.35. The number of aromatic amines is 1. The number of para-hydroxylation sites is 1. The Balaban J connectivity index is 1.98. The van der Waals surface area contributed by atoms with Crippen LogP contribution in [0, 0.1) is 0 Å². The summed E-state index contributed by atoms with van der Waals surface area (Å²) in [5.74, 6) is -6.64. The quantitative estimate of drug-likeness (QED) is 0.148. The Bertz CT molecular complexity index is 1150. The lowest BCUT2D eigenvalue weighted by Gasteiger charge is -2.20. The van der Waals surface area contributed by atoms with Crippen LogP contribution in [-0.4, -0.2) is 80.6 Å². The molecule has 0 radical (unpaired) electrons. The van der Waals surface area contributed by atoms with E-state index in [1.807, 2.05) is 12.1 Å². The molecule has 14 heteroatoms. The summed E-state index contributed by atoms with van der Waals surface area (Å²) in [7, 11) is 0. The van der Waals surface area contributed by atoms with Gasteiger partial charge in [-0.2, -0.15) is 0 Å². The summed E-state index contributed by atoms with van der Waals surface area (Å²) in [5.41, 5.74) is 6.92. The number of carboxylic acid groups (broad SMARTS) is 3. The predicted octanol–water partition coefficient (Wildman–Crippen LogP) is -1.45. The zero-order chi connectivity index (χ0) is 26.8. The second kappa shape index (κ2) is 12.9. The van der Waals surface area contributed by atoms with Gasteiger partial charge in [-0.05, 0) is 18.1 Å². The van der Waals surface area contributed by atoms with Gasteiger partial charge in [0.15, 0.2) is 0 Å². The largest absolute Gasteiger partial charge is 0.481 e. The lowest BCUT2D eigenvalue weighted by molar-refractivity contribution is -0.141. The van der Waals surface area contributed by atoms with Crippen molar-refractivity contribution in [2.45, 2.75) is 43.8 Å². The summed E-state index contributed by atoms with van der Waals surface area (Å²) in [4.78, 5) is 73.2. The van der Waals surface area contributed by atoms with Crippen LogP contribution in [0.5, 0.6) is 0 Å². The zero-order valence-electron chi connectivity index (χ0n) is 19.0. The van der Waals surface area contributed by atoms with Crippen molar-refractivity contribution < 1.29 is 44.1 Å². The van der Waals surface area contributed by atoms with Crippen LogP contribution in [0.3, 0.4) is 0 Å². The van der Waals surface area contributed by atoms with Gasteiger partial charge in [0.05, 0.1) is 19.0 Å². The average molecular weight is 505 g/mol. The number of carbonyl (C=O) groups excluding carboxylic acids is 3. The number of benzene rings is 1. The Morgan fingerprint density at radius 3 is 2.25 bits per heavy atom. The van der Waals surface area contributed by atoms with E-state index in [2.05, 4.69) is 20.9 Å². The Hall–Kier alpha value is -4.46. The highest BCUT2D eigenvalue weighted by Gasteiger charge is 2.27. The molecule has 0 aliphatic rings. The van der Waals surface area contributed by atoms with Crippen LogP contribution in [0.1, 0.15) is 24.8 Å². The molecule has 0 aliphatic carbocycles. The number of amides is 3. The maximum atomic E-state index is 12.5. The molecule has 14 nitrogen and oxygen atoms in total. The van der Waals surface area contributed by atoms with Gasteiger partial charge in [0.25, 0.3) is 0 Å². The van der Waals surface area contributed by atoms with E-state index in [0.29, 0.717) is 5.56 Å². The van der Waals surface area contributed by atoms with E-state index in [-0.39, 0.29) is 12.8 Å². The first-order valence-corrected chi connectivity index (χ1v) is 10.8. The van der Waals surface area contributed by atoms with Crippen molar-refractivity contribution in [3.8, 4) is 0 Å².